The van der Waals surface area contributed by atoms with E-state index in [1.165, 1.54) is 10.4 Å². The number of phenolic OH excluding ortho intramolecular Hbond substituents is 1. The molecule has 0 saturated heterocycles. The van der Waals surface area contributed by atoms with Crippen LogP contribution in [-0.2, 0) is 0 Å². The molecular formula is C20H18BrN2OS+. The summed E-state index contributed by atoms with van der Waals surface area (Å²) < 4.78 is 1.06. The maximum Gasteiger partial charge on any atom is 0.186 e. The Hall–Kier alpha value is -2.08. The van der Waals surface area contributed by atoms with E-state index >= 15 is 0 Å². The summed E-state index contributed by atoms with van der Waals surface area (Å²) in [6.45, 7) is 0. The minimum absolute atomic E-state index is 0.0449. The summed E-state index contributed by atoms with van der Waals surface area (Å²) in [5.41, 5.74) is 3.23. The zero-order valence-corrected chi connectivity index (χ0v) is 15.8. The van der Waals surface area contributed by atoms with Crippen LogP contribution in [0.5, 0.6) is 5.75 Å². The molecule has 0 radical (unpaired) electrons. The summed E-state index contributed by atoms with van der Waals surface area (Å²) in [7, 11) is 0. The van der Waals surface area contributed by atoms with Crippen LogP contribution in [0.4, 0.5) is 0 Å². The molecule has 0 amide bonds. The fraction of sp³-hybridized carbons (Fsp3) is 0.100. The van der Waals surface area contributed by atoms with Crippen molar-refractivity contribution in [1.82, 2.24) is 5.32 Å². The Balaban J connectivity index is 1.75. The summed E-state index contributed by atoms with van der Waals surface area (Å²) >= 11 is 5.27. The second-order valence-corrected chi connectivity index (χ2v) is 7.88. The van der Waals surface area contributed by atoms with E-state index in [0.717, 1.165) is 15.7 Å². The maximum atomic E-state index is 10.3. The third-order valence-electron chi connectivity index (χ3n) is 4.35. The van der Waals surface area contributed by atoms with Gasteiger partial charge in [0.2, 0.25) is 0 Å². The molecule has 3 aromatic rings. The zero-order chi connectivity index (χ0) is 17.2. The standard InChI is InChI=1S/C20H17BrN2OS/c21-14-6-3-5-13(11-14)20-22-16(15-7-1-2-8-18(15)24)12-17(23-20)19-9-4-10-25-19/h1-12,16,20,22-24H/p+1. The number of aromatic hydroxyl groups is 1. The average Bonchev–Trinajstić information content (AvgIpc) is 3.16. The number of phenols is 1. The minimum Gasteiger partial charge on any atom is -0.507 e. The zero-order valence-electron chi connectivity index (χ0n) is 13.4. The molecule has 1 aromatic heterocycles. The van der Waals surface area contributed by atoms with Crippen molar-refractivity contribution >= 4 is 33.0 Å². The molecule has 0 spiro atoms. The topological polar surface area (TPSA) is 48.9 Å². The van der Waals surface area contributed by atoms with Crippen molar-refractivity contribution in [2.45, 2.75) is 12.2 Å². The minimum atomic E-state index is 0.0449. The van der Waals surface area contributed by atoms with Crippen molar-refractivity contribution < 1.29 is 10.4 Å². The molecule has 0 saturated carbocycles. The van der Waals surface area contributed by atoms with Crippen LogP contribution in [-0.4, -0.2) is 5.11 Å². The number of para-hydroxylation sites is 1. The van der Waals surface area contributed by atoms with Gasteiger partial charge in [0.05, 0.1) is 16.1 Å². The highest BCUT2D eigenvalue weighted by molar-refractivity contribution is 9.10. The molecule has 0 aliphatic carbocycles. The number of nitrogens with one attached hydrogen (secondary N) is 1. The number of benzene rings is 2. The van der Waals surface area contributed by atoms with Crippen molar-refractivity contribution in [1.29, 1.82) is 0 Å². The van der Waals surface area contributed by atoms with Gasteiger partial charge in [-0.1, -0.05) is 46.3 Å². The third kappa shape index (κ3) is 3.49. The van der Waals surface area contributed by atoms with Crippen LogP contribution in [0.1, 0.15) is 28.2 Å². The van der Waals surface area contributed by atoms with Gasteiger partial charge in [-0.25, -0.2) is 0 Å². The number of halogens is 1. The lowest BCUT2D eigenvalue weighted by molar-refractivity contribution is -0.731. The van der Waals surface area contributed by atoms with Gasteiger partial charge >= 0.3 is 0 Å². The molecule has 2 aromatic carbocycles. The Labute approximate surface area is 159 Å². The number of rotatable bonds is 3. The first-order chi connectivity index (χ1) is 12.2. The number of hydrogen-bond donors (Lipinski definition) is 3. The largest absolute Gasteiger partial charge is 0.507 e. The van der Waals surface area contributed by atoms with Crippen LogP contribution >= 0.6 is 27.3 Å². The Bertz CT molecular complexity index is 908. The van der Waals surface area contributed by atoms with Crippen molar-refractivity contribution in [3.05, 3.63) is 92.6 Å². The summed E-state index contributed by atoms with van der Waals surface area (Å²) in [5.74, 6) is 0.334. The van der Waals surface area contributed by atoms with Crippen LogP contribution in [0.2, 0.25) is 0 Å². The molecule has 0 fully saturated rings. The van der Waals surface area contributed by atoms with E-state index in [4.69, 9.17) is 0 Å². The highest BCUT2D eigenvalue weighted by Crippen LogP contribution is 2.30. The SMILES string of the molecule is Oc1ccccc1C1C=C(c2cccs2)NC(c2cccc(Br)c2)[NH2+]1. The van der Waals surface area contributed by atoms with Gasteiger partial charge in [0, 0.05) is 16.1 Å². The van der Waals surface area contributed by atoms with Crippen molar-refractivity contribution in [2.24, 2.45) is 0 Å². The number of thiophene rings is 1. The van der Waals surface area contributed by atoms with Gasteiger partial charge in [0.15, 0.2) is 6.17 Å². The smallest absolute Gasteiger partial charge is 0.186 e. The molecule has 25 heavy (non-hydrogen) atoms. The summed E-state index contributed by atoms with van der Waals surface area (Å²) in [5, 5.41) is 18.3. The van der Waals surface area contributed by atoms with Gasteiger partial charge in [0.25, 0.3) is 0 Å². The van der Waals surface area contributed by atoms with Gasteiger partial charge in [-0.2, -0.15) is 0 Å². The van der Waals surface area contributed by atoms with Gasteiger partial charge in [0.1, 0.15) is 11.8 Å². The van der Waals surface area contributed by atoms with Crippen molar-refractivity contribution in [3.63, 3.8) is 0 Å². The Morgan fingerprint density at radius 1 is 1.04 bits per heavy atom. The lowest BCUT2D eigenvalue weighted by Crippen LogP contribution is -2.89. The molecule has 4 rings (SSSR count). The summed E-state index contributed by atoms with van der Waals surface area (Å²) in [4.78, 5) is 1.20. The molecule has 1 aliphatic heterocycles. The molecule has 5 heteroatoms. The van der Waals surface area contributed by atoms with Gasteiger partial charge in [-0.15, -0.1) is 11.3 Å². The van der Waals surface area contributed by atoms with E-state index in [1.807, 2.05) is 30.3 Å². The predicted molar refractivity (Wildman–Crippen MR) is 105 cm³/mol. The van der Waals surface area contributed by atoms with E-state index in [-0.39, 0.29) is 12.2 Å². The highest BCUT2D eigenvalue weighted by atomic mass is 79.9. The number of hydrogen-bond acceptors (Lipinski definition) is 3. The van der Waals surface area contributed by atoms with Crippen molar-refractivity contribution in [2.75, 3.05) is 0 Å². The summed E-state index contributed by atoms with van der Waals surface area (Å²) in [6, 6.07) is 20.1. The fourth-order valence-electron chi connectivity index (χ4n) is 3.15. The van der Waals surface area contributed by atoms with E-state index in [0.29, 0.717) is 5.75 Å². The van der Waals surface area contributed by atoms with Gasteiger partial charge < -0.3 is 15.7 Å². The second-order valence-electron chi connectivity index (χ2n) is 6.01. The fourth-order valence-corrected chi connectivity index (χ4v) is 4.28. The van der Waals surface area contributed by atoms with E-state index in [9.17, 15) is 5.11 Å². The monoisotopic (exact) mass is 413 g/mol. The van der Waals surface area contributed by atoms with Crippen LogP contribution in [0.15, 0.2) is 76.6 Å². The van der Waals surface area contributed by atoms with Crippen LogP contribution in [0.25, 0.3) is 5.70 Å². The van der Waals surface area contributed by atoms with Gasteiger partial charge in [-0.3, -0.25) is 0 Å². The molecular weight excluding hydrogens is 396 g/mol. The predicted octanol–water partition coefficient (Wildman–Crippen LogP) is 4.16. The molecule has 4 N–H and O–H groups in total. The first-order valence-corrected chi connectivity index (χ1v) is 9.78. The van der Waals surface area contributed by atoms with E-state index in [2.05, 4.69) is 62.3 Å². The lowest BCUT2D eigenvalue weighted by Gasteiger charge is -2.29. The second kappa shape index (κ2) is 7.04. The highest BCUT2D eigenvalue weighted by Gasteiger charge is 2.29. The molecule has 0 bridgehead atoms. The van der Waals surface area contributed by atoms with Crippen LogP contribution in [0.3, 0.4) is 0 Å². The van der Waals surface area contributed by atoms with Crippen LogP contribution in [0, 0.1) is 0 Å². The van der Waals surface area contributed by atoms with E-state index < -0.39 is 0 Å². The molecule has 2 unspecified atom stereocenters. The number of nitrogens with two attached hydrogens (primary N) is 1. The van der Waals surface area contributed by atoms with Crippen molar-refractivity contribution in [3.8, 4) is 5.75 Å². The molecule has 2 heterocycles. The van der Waals surface area contributed by atoms with Gasteiger partial charge in [-0.05, 0) is 35.7 Å². The lowest BCUT2D eigenvalue weighted by atomic mass is 10.00. The van der Waals surface area contributed by atoms with Crippen LogP contribution < -0.4 is 10.6 Å². The van der Waals surface area contributed by atoms with E-state index in [1.54, 1.807) is 17.4 Å². The normalized spacial score (nSPS) is 20.0. The summed E-state index contributed by atoms with van der Waals surface area (Å²) in [6.07, 6.45) is 2.26. The molecule has 1 aliphatic rings. The molecule has 126 valence electrons. The average molecular weight is 414 g/mol. The number of quaternary nitrogens is 1. The Kier molecular flexibility index (Phi) is 4.61. The quantitative estimate of drug-likeness (QED) is 0.603. The third-order valence-corrected chi connectivity index (χ3v) is 5.74. The first kappa shape index (κ1) is 16.4. The maximum absolute atomic E-state index is 10.3. The Morgan fingerprint density at radius 2 is 1.92 bits per heavy atom. The molecule has 3 nitrogen and oxygen atoms in total. The first-order valence-electron chi connectivity index (χ1n) is 8.11. The molecule has 2 atom stereocenters. The Morgan fingerprint density at radius 3 is 2.68 bits per heavy atom.